The Kier molecular flexibility index (Phi) is 4.79. The van der Waals surface area contributed by atoms with Gasteiger partial charge in [0.1, 0.15) is 5.75 Å². The van der Waals surface area contributed by atoms with Crippen molar-refractivity contribution in [2.24, 2.45) is 0 Å². The van der Waals surface area contributed by atoms with E-state index < -0.39 is 0 Å². The molecule has 0 aromatic heterocycles. The van der Waals surface area contributed by atoms with E-state index in [0.29, 0.717) is 0 Å². The molecule has 3 aromatic carbocycles. The molecule has 0 saturated carbocycles. The van der Waals surface area contributed by atoms with Crippen molar-refractivity contribution in [2.45, 2.75) is 6.54 Å². The molecule has 0 radical (unpaired) electrons. The molecule has 0 spiro atoms. The minimum absolute atomic E-state index is 0.732. The standard InChI is InChI=1S/C20H20N2O/c1-23-20-10-6-5-7-16(20)15-21-17-11-13-19(14-12-17)22-18-8-3-2-4-9-18/h2-14,21-22H,15H2,1H3. The van der Waals surface area contributed by atoms with Gasteiger partial charge in [-0.25, -0.2) is 0 Å². The van der Waals surface area contributed by atoms with Crippen LogP contribution < -0.4 is 15.4 Å². The summed E-state index contributed by atoms with van der Waals surface area (Å²) in [7, 11) is 1.70. The zero-order valence-electron chi connectivity index (χ0n) is 13.1. The molecule has 0 aliphatic heterocycles. The van der Waals surface area contributed by atoms with Crippen molar-refractivity contribution < 1.29 is 4.74 Å². The molecule has 0 fully saturated rings. The van der Waals surface area contributed by atoms with Crippen molar-refractivity contribution in [3.8, 4) is 5.75 Å². The van der Waals surface area contributed by atoms with Gasteiger partial charge in [0.2, 0.25) is 0 Å². The normalized spacial score (nSPS) is 10.1. The number of methoxy groups -OCH3 is 1. The second-order valence-electron chi connectivity index (χ2n) is 5.23. The Morgan fingerprint density at radius 2 is 1.30 bits per heavy atom. The number of benzene rings is 3. The first-order valence-electron chi connectivity index (χ1n) is 7.63. The minimum Gasteiger partial charge on any atom is -0.496 e. The number of ether oxygens (including phenoxy) is 1. The molecule has 116 valence electrons. The van der Waals surface area contributed by atoms with E-state index in [9.17, 15) is 0 Å². The molecule has 0 aliphatic rings. The van der Waals surface area contributed by atoms with Gasteiger partial charge >= 0.3 is 0 Å². The number of nitrogens with one attached hydrogen (secondary N) is 2. The maximum Gasteiger partial charge on any atom is 0.123 e. The zero-order chi connectivity index (χ0) is 15.9. The van der Waals surface area contributed by atoms with Gasteiger partial charge in [-0.1, -0.05) is 36.4 Å². The summed E-state index contributed by atoms with van der Waals surface area (Å²) in [5.74, 6) is 0.905. The smallest absolute Gasteiger partial charge is 0.123 e. The maximum absolute atomic E-state index is 5.37. The molecule has 0 amide bonds. The monoisotopic (exact) mass is 304 g/mol. The second-order valence-corrected chi connectivity index (χ2v) is 5.23. The number of para-hydroxylation sites is 2. The Hall–Kier alpha value is -2.94. The van der Waals surface area contributed by atoms with Crippen LogP contribution in [0, 0.1) is 0 Å². The van der Waals surface area contributed by atoms with Gasteiger partial charge in [-0.2, -0.15) is 0 Å². The summed E-state index contributed by atoms with van der Waals surface area (Å²) >= 11 is 0. The van der Waals surface area contributed by atoms with Crippen molar-refractivity contribution in [2.75, 3.05) is 17.7 Å². The summed E-state index contributed by atoms with van der Waals surface area (Å²) in [4.78, 5) is 0. The molecule has 0 atom stereocenters. The quantitative estimate of drug-likeness (QED) is 0.668. The fourth-order valence-electron chi connectivity index (χ4n) is 2.41. The largest absolute Gasteiger partial charge is 0.496 e. The highest BCUT2D eigenvalue weighted by Gasteiger charge is 2.01. The lowest BCUT2D eigenvalue weighted by molar-refractivity contribution is 0.410. The van der Waals surface area contributed by atoms with E-state index in [0.717, 1.165) is 34.9 Å². The van der Waals surface area contributed by atoms with E-state index in [-0.39, 0.29) is 0 Å². The van der Waals surface area contributed by atoms with Crippen LogP contribution in [0.1, 0.15) is 5.56 Å². The summed E-state index contributed by atoms with van der Waals surface area (Å²) in [5.41, 5.74) is 4.37. The van der Waals surface area contributed by atoms with Gasteiger partial charge in [-0.05, 0) is 42.5 Å². The SMILES string of the molecule is COc1ccccc1CNc1ccc(Nc2ccccc2)cc1. The van der Waals surface area contributed by atoms with Crippen molar-refractivity contribution >= 4 is 17.1 Å². The van der Waals surface area contributed by atoms with Crippen LogP contribution in [-0.4, -0.2) is 7.11 Å². The number of anilines is 3. The van der Waals surface area contributed by atoms with Gasteiger partial charge in [0.05, 0.1) is 7.11 Å². The lowest BCUT2D eigenvalue weighted by atomic mass is 10.2. The highest BCUT2D eigenvalue weighted by molar-refractivity contribution is 5.62. The van der Waals surface area contributed by atoms with Crippen LogP contribution in [0.4, 0.5) is 17.1 Å². The van der Waals surface area contributed by atoms with Gasteiger partial charge in [-0.3, -0.25) is 0 Å². The highest BCUT2D eigenvalue weighted by atomic mass is 16.5. The average molecular weight is 304 g/mol. The van der Waals surface area contributed by atoms with Gasteiger partial charge in [-0.15, -0.1) is 0 Å². The Morgan fingerprint density at radius 3 is 2.04 bits per heavy atom. The third-order valence-electron chi connectivity index (χ3n) is 3.62. The van der Waals surface area contributed by atoms with Crippen molar-refractivity contribution in [3.05, 3.63) is 84.4 Å². The zero-order valence-corrected chi connectivity index (χ0v) is 13.1. The molecule has 3 rings (SSSR count). The molecule has 0 unspecified atom stereocenters. The number of hydrogen-bond donors (Lipinski definition) is 2. The summed E-state index contributed by atoms with van der Waals surface area (Å²) in [5, 5.41) is 6.79. The van der Waals surface area contributed by atoms with Crippen LogP contribution in [-0.2, 0) is 6.54 Å². The highest BCUT2D eigenvalue weighted by Crippen LogP contribution is 2.21. The summed E-state index contributed by atoms with van der Waals surface area (Å²) in [6, 6.07) is 26.5. The molecule has 3 nitrogen and oxygen atoms in total. The molecular formula is C20H20N2O. The summed E-state index contributed by atoms with van der Waals surface area (Å²) < 4.78 is 5.37. The second kappa shape index (κ2) is 7.36. The molecule has 0 saturated heterocycles. The molecule has 2 N–H and O–H groups in total. The molecule has 23 heavy (non-hydrogen) atoms. The van der Waals surface area contributed by atoms with Crippen LogP contribution in [0.5, 0.6) is 5.75 Å². The first-order chi connectivity index (χ1) is 11.3. The molecule has 3 heteroatoms. The van der Waals surface area contributed by atoms with Gasteiger partial charge in [0, 0.05) is 29.2 Å². The average Bonchev–Trinajstić information content (AvgIpc) is 2.62. The topological polar surface area (TPSA) is 33.3 Å². The van der Waals surface area contributed by atoms with Gasteiger partial charge in [0.15, 0.2) is 0 Å². The fourth-order valence-corrected chi connectivity index (χ4v) is 2.41. The van der Waals surface area contributed by atoms with Gasteiger partial charge < -0.3 is 15.4 Å². The van der Waals surface area contributed by atoms with Crippen LogP contribution in [0.25, 0.3) is 0 Å². The van der Waals surface area contributed by atoms with Crippen LogP contribution in [0.15, 0.2) is 78.9 Å². The first kappa shape index (κ1) is 15.0. The third-order valence-corrected chi connectivity index (χ3v) is 3.62. The van der Waals surface area contributed by atoms with E-state index >= 15 is 0 Å². The molecule has 0 heterocycles. The lowest BCUT2D eigenvalue weighted by Gasteiger charge is -2.11. The minimum atomic E-state index is 0.732. The van der Waals surface area contributed by atoms with Crippen molar-refractivity contribution in [1.29, 1.82) is 0 Å². The lowest BCUT2D eigenvalue weighted by Crippen LogP contribution is -2.01. The van der Waals surface area contributed by atoms with Gasteiger partial charge in [0.25, 0.3) is 0 Å². The number of rotatable bonds is 6. The summed E-state index contributed by atoms with van der Waals surface area (Å²) in [6.45, 7) is 0.732. The van der Waals surface area contributed by atoms with Crippen LogP contribution in [0.2, 0.25) is 0 Å². The van der Waals surface area contributed by atoms with E-state index in [2.05, 4.69) is 41.0 Å². The Bertz CT molecular complexity index is 739. The predicted molar refractivity (Wildman–Crippen MR) is 96.5 cm³/mol. The molecule has 0 aliphatic carbocycles. The maximum atomic E-state index is 5.37. The van der Waals surface area contributed by atoms with E-state index in [4.69, 9.17) is 4.74 Å². The Morgan fingerprint density at radius 1 is 0.696 bits per heavy atom. The van der Waals surface area contributed by atoms with E-state index in [1.165, 1.54) is 0 Å². The van der Waals surface area contributed by atoms with Crippen molar-refractivity contribution in [1.82, 2.24) is 0 Å². The molecule has 0 bridgehead atoms. The van der Waals surface area contributed by atoms with E-state index in [1.807, 2.05) is 48.5 Å². The third kappa shape index (κ3) is 4.04. The Balaban J connectivity index is 1.61. The first-order valence-corrected chi connectivity index (χ1v) is 7.63. The fraction of sp³-hybridized carbons (Fsp3) is 0.100. The summed E-state index contributed by atoms with van der Waals surface area (Å²) in [6.07, 6.45) is 0. The van der Waals surface area contributed by atoms with Crippen molar-refractivity contribution in [3.63, 3.8) is 0 Å². The van der Waals surface area contributed by atoms with E-state index in [1.54, 1.807) is 7.11 Å². The molecule has 3 aromatic rings. The predicted octanol–water partition coefficient (Wildman–Crippen LogP) is 5.05. The van der Waals surface area contributed by atoms with Crippen LogP contribution in [0.3, 0.4) is 0 Å². The molecular weight excluding hydrogens is 284 g/mol. The van der Waals surface area contributed by atoms with Crippen LogP contribution >= 0.6 is 0 Å². The number of hydrogen-bond acceptors (Lipinski definition) is 3. The Labute approximate surface area is 136 Å².